The maximum atomic E-state index is 13.1. The van der Waals surface area contributed by atoms with Crippen LogP contribution in [0, 0.1) is 5.53 Å². The Bertz CT molecular complexity index is 1080. The number of thiophene rings is 1. The van der Waals surface area contributed by atoms with E-state index in [9.17, 15) is 13.2 Å². The number of halogens is 3. The Labute approximate surface area is 160 Å². The lowest BCUT2D eigenvalue weighted by Crippen LogP contribution is -2.36. The number of rotatable bonds is 4. The van der Waals surface area contributed by atoms with Gasteiger partial charge in [0.05, 0.1) is 11.9 Å². The molecule has 0 saturated heterocycles. The molecule has 1 aliphatic heterocycles. The van der Waals surface area contributed by atoms with Gasteiger partial charge in [0.25, 0.3) is 0 Å². The van der Waals surface area contributed by atoms with Gasteiger partial charge in [-0.15, -0.1) is 21.5 Å². The lowest BCUT2D eigenvalue weighted by atomic mass is 10.2. The standard InChI is InChI=1S/C15H15F3N9S/c1-2-3-8-6-9-11(20-14(24-25-19)21-12(9)28-8)26-4-5-27-10(7-26)22-23-13(27)15(16,17)18/h6,19H,2-5,7H2,1H3/q+1. The monoisotopic (exact) mass is 410 g/mol. The van der Waals surface area contributed by atoms with E-state index in [1.54, 1.807) is 0 Å². The maximum Gasteiger partial charge on any atom is 0.451 e. The lowest BCUT2D eigenvalue weighted by Gasteiger charge is -2.29. The van der Waals surface area contributed by atoms with Crippen molar-refractivity contribution in [3.8, 4) is 0 Å². The third-order valence-electron chi connectivity index (χ3n) is 4.35. The summed E-state index contributed by atoms with van der Waals surface area (Å²) in [5.74, 6) is -0.170. The first-order chi connectivity index (χ1) is 13.4. The van der Waals surface area contributed by atoms with Crippen molar-refractivity contribution in [2.24, 2.45) is 5.11 Å². The highest BCUT2D eigenvalue weighted by molar-refractivity contribution is 7.18. The summed E-state index contributed by atoms with van der Waals surface area (Å²) in [6.07, 6.45) is -2.68. The summed E-state index contributed by atoms with van der Waals surface area (Å²) in [6.45, 7) is 2.60. The maximum absolute atomic E-state index is 13.1. The summed E-state index contributed by atoms with van der Waals surface area (Å²) in [6, 6.07) is 2.00. The van der Waals surface area contributed by atoms with Gasteiger partial charge in [-0.1, -0.05) is 13.3 Å². The third kappa shape index (κ3) is 3.22. The first kappa shape index (κ1) is 18.4. The molecule has 3 aromatic rings. The van der Waals surface area contributed by atoms with E-state index in [2.05, 4.69) is 37.1 Å². The van der Waals surface area contributed by atoms with Gasteiger partial charge in [-0.25, -0.2) is 0 Å². The molecule has 0 atom stereocenters. The molecule has 4 heterocycles. The fourth-order valence-electron chi connectivity index (χ4n) is 3.19. The van der Waals surface area contributed by atoms with Gasteiger partial charge in [0, 0.05) is 18.0 Å². The highest BCUT2D eigenvalue weighted by atomic mass is 32.1. The molecule has 0 radical (unpaired) electrons. The molecule has 1 N–H and O–H groups in total. The predicted octanol–water partition coefficient (Wildman–Crippen LogP) is 3.46. The molecule has 0 aromatic carbocycles. The van der Waals surface area contributed by atoms with Crippen LogP contribution in [0.2, 0.25) is 0 Å². The molecule has 0 saturated carbocycles. The average Bonchev–Trinajstić information content (AvgIpc) is 3.24. The minimum atomic E-state index is -4.54. The fourth-order valence-corrected chi connectivity index (χ4v) is 4.31. The van der Waals surface area contributed by atoms with E-state index in [0.29, 0.717) is 17.2 Å². The van der Waals surface area contributed by atoms with E-state index in [1.807, 2.05) is 11.0 Å². The van der Waals surface area contributed by atoms with E-state index in [1.165, 1.54) is 11.3 Å². The van der Waals surface area contributed by atoms with E-state index in [0.717, 1.165) is 27.7 Å². The molecule has 0 amide bonds. The van der Waals surface area contributed by atoms with Crippen molar-refractivity contribution in [1.82, 2.24) is 29.6 Å². The Kier molecular flexibility index (Phi) is 4.55. The van der Waals surface area contributed by atoms with E-state index < -0.39 is 12.0 Å². The molecule has 9 nitrogen and oxygen atoms in total. The molecule has 28 heavy (non-hydrogen) atoms. The minimum Gasteiger partial charge on any atom is -0.347 e. The van der Waals surface area contributed by atoms with Crippen molar-refractivity contribution >= 4 is 33.3 Å². The van der Waals surface area contributed by atoms with Crippen LogP contribution in [0.5, 0.6) is 0 Å². The zero-order valence-electron chi connectivity index (χ0n) is 14.7. The smallest absolute Gasteiger partial charge is 0.347 e. The molecule has 13 heteroatoms. The third-order valence-corrected chi connectivity index (χ3v) is 5.44. The van der Waals surface area contributed by atoms with Crippen LogP contribution < -0.4 is 9.81 Å². The second-order valence-electron chi connectivity index (χ2n) is 6.24. The largest absolute Gasteiger partial charge is 0.451 e. The van der Waals surface area contributed by atoms with Crippen molar-refractivity contribution < 1.29 is 13.2 Å². The van der Waals surface area contributed by atoms with Gasteiger partial charge in [-0.2, -0.15) is 23.1 Å². The molecule has 0 spiro atoms. The SMILES string of the molecule is CCCc1cc2c(N3CCn4c(nnc4C(F)(F)F)C3)nc(N=[N+]=N)nc2s1. The Balaban J connectivity index is 1.76. The van der Waals surface area contributed by atoms with Crippen LogP contribution in [0.25, 0.3) is 10.2 Å². The fraction of sp³-hybridized carbons (Fsp3) is 0.467. The van der Waals surface area contributed by atoms with Crippen LogP contribution in [0.4, 0.5) is 24.9 Å². The number of hydrogen-bond donors (Lipinski definition) is 1. The summed E-state index contributed by atoms with van der Waals surface area (Å²) >= 11 is 1.51. The van der Waals surface area contributed by atoms with Crippen LogP contribution >= 0.6 is 11.3 Å². The van der Waals surface area contributed by atoms with Gasteiger partial charge < -0.3 is 9.47 Å². The van der Waals surface area contributed by atoms with Crippen LogP contribution in [0.3, 0.4) is 0 Å². The van der Waals surface area contributed by atoms with Crippen molar-refractivity contribution in [2.75, 3.05) is 11.4 Å². The van der Waals surface area contributed by atoms with Gasteiger partial charge in [-0.05, 0) is 12.5 Å². The average molecular weight is 410 g/mol. The van der Waals surface area contributed by atoms with Crippen LogP contribution in [-0.4, -0.2) is 31.3 Å². The van der Waals surface area contributed by atoms with E-state index in [4.69, 9.17) is 5.53 Å². The predicted molar refractivity (Wildman–Crippen MR) is 94.4 cm³/mol. The zero-order valence-corrected chi connectivity index (χ0v) is 15.5. The Morgan fingerprint density at radius 1 is 1.29 bits per heavy atom. The van der Waals surface area contributed by atoms with Crippen LogP contribution in [0.1, 0.15) is 29.9 Å². The van der Waals surface area contributed by atoms with Gasteiger partial charge in [0.1, 0.15) is 16.2 Å². The number of nitrogens with zero attached hydrogens (tertiary/aromatic N) is 8. The summed E-state index contributed by atoms with van der Waals surface area (Å²) in [7, 11) is 0. The van der Waals surface area contributed by atoms with Crippen molar-refractivity contribution in [3.05, 3.63) is 22.6 Å². The first-order valence-corrected chi connectivity index (χ1v) is 9.34. The molecule has 1 aliphatic rings. The molecule has 0 fully saturated rings. The van der Waals surface area contributed by atoms with Crippen molar-refractivity contribution in [1.29, 1.82) is 5.53 Å². The molecule has 0 unspecified atom stereocenters. The quantitative estimate of drug-likeness (QED) is 0.523. The lowest BCUT2D eigenvalue weighted by molar-refractivity contribution is -0.147. The second kappa shape index (κ2) is 6.91. The number of alkyl halides is 3. The molecule has 0 aliphatic carbocycles. The molecular formula is C15H15F3N9S+. The molecule has 4 rings (SSSR count). The summed E-state index contributed by atoms with van der Waals surface area (Å²) in [4.78, 5) is 15.4. The zero-order chi connectivity index (χ0) is 19.9. The van der Waals surface area contributed by atoms with E-state index in [-0.39, 0.29) is 24.9 Å². The summed E-state index contributed by atoms with van der Waals surface area (Å²) in [5.41, 5.74) is 6.93. The number of hydrogen-bond acceptors (Lipinski definition) is 8. The van der Waals surface area contributed by atoms with Gasteiger partial charge >= 0.3 is 12.1 Å². The first-order valence-electron chi connectivity index (χ1n) is 8.53. The normalized spacial score (nSPS) is 14.2. The highest BCUT2D eigenvalue weighted by Gasteiger charge is 2.39. The van der Waals surface area contributed by atoms with Crippen LogP contribution in [-0.2, 0) is 25.7 Å². The van der Waals surface area contributed by atoms with Gasteiger partial charge in [0.2, 0.25) is 10.7 Å². The number of aromatic nitrogens is 5. The number of fused-ring (bicyclic) bond motifs is 2. The molecular weight excluding hydrogens is 395 g/mol. The highest BCUT2D eigenvalue weighted by Crippen LogP contribution is 2.35. The number of aryl methyl sites for hydroxylation is 1. The van der Waals surface area contributed by atoms with Gasteiger partial charge in [-0.3, -0.25) is 0 Å². The molecule has 146 valence electrons. The Morgan fingerprint density at radius 3 is 2.82 bits per heavy atom. The Hall–Kier alpha value is -2.92. The van der Waals surface area contributed by atoms with Crippen LogP contribution in [0.15, 0.2) is 11.2 Å². The number of anilines is 1. The topological polar surface area (TPSA) is 110 Å². The van der Waals surface area contributed by atoms with E-state index >= 15 is 0 Å². The number of nitrogens with one attached hydrogen (secondary N) is 1. The minimum absolute atomic E-state index is 0.0467. The summed E-state index contributed by atoms with van der Waals surface area (Å²) in [5, 5.41) is 11.4. The molecule has 0 bridgehead atoms. The molecule has 3 aromatic heterocycles. The van der Waals surface area contributed by atoms with Crippen molar-refractivity contribution in [3.63, 3.8) is 0 Å². The van der Waals surface area contributed by atoms with Crippen molar-refractivity contribution in [2.45, 2.75) is 39.0 Å². The van der Waals surface area contributed by atoms with Gasteiger partial charge in [0.15, 0.2) is 10.9 Å². The summed E-state index contributed by atoms with van der Waals surface area (Å²) < 4.78 is 40.3. The Morgan fingerprint density at radius 2 is 2.11 bits per heavy atom. The second-order valence-corrected chi connectivity index (χ2v) is 7.35.